The van der Waals surface area contributed by atoms with E-state index >= 15 is 0 Å². The van der Waals surface area contributed by atoms with E-state index < -0.39 is 15.8 Å². The molecule has 0 amide bonds. The quantitative estimate of drug-likeness (QED) is 0.349. The summed E-state index contributed by atoms with van der Waals surface area (Å²) in [5, 5.41) is 0. The molecule has 0 unspecified atom stereocenters. The summed E-state index contributed by atoms with van der Waals surface area (Å²) in [5.74, 6) is 1.15. The highest BCUT2D eigenvalue weighted by molar-refractivity contribution is 7.92. The molecule has 0 heterocycles. The molecule has 3 aromatic carbocycles. The summed E-state index contributed by atoms with van der Waals surface area (Å²) >= 11 is 0. The molecule has 1 N–H and O–H groups in total. The van der Waals surface area contributed by atoms with Crippen LogP contribution in [0.2, 0.25) is 0 Å². The predicted octanol–water partition coefficient (Wildman–Crippen LogP) is 4.85. The lowest BCUT2D eigenvalue weighted by Gasteiger charge is -2.16. The SMILES string of the molecule is COc1ccc(S(=O)(=O)Nc2cc(OC)c(OC)cc2/C=C\c2cc(OC)c(OC)c(OC)c2)cc1F. The van der Waals surface area contributed by atoms with E-state index in [1.807, 2.05) is 0 Å². The van der Waals surface area contributed by atoms with Crippen molar-refractivity contribution in [3.63, 3.8) is 0 Å². The Morgan fingerprint density at radius 3 is 1.76 bits per heavy atom. The Labute approximate surface area is 215 Å². The standard InChI is InChI=1S/C26H28FNO8S/c1-31-21-10-9-18(14-19(21)27)37(29,30)28-20-15-23(33-3)22(32-2)13-17(20)8-7-16-11-24(34-4)26(36-6)25(12-16)35-5/h7-15,28H,1-6H3/b8-7-. The molecule has 11 heteroatoms. The summed E-state index contributed by atoms with van der Waals surface area (Å²) in [6.07, 6.45) is 3.41. The van der Waals surface area contributed by atoms with Crippen LogP contribution in [0.4, 0.5) is 10.1 Å². The number of ether oxygens (including phenoxy) is 6. The molecule has 0 saturated carbocycles. The second kappa shape index (κ2) is 11.7. The summed E-state index contributed by atoms with van der Waals surface area (Å²) in [4.78, 5) is -0.278. The van der Waals surface area contributed by atoms with E-state index in [0.717, 1.165) is 6.07 Å². The second-order valence-corrected chi connectivity index (χ2v) is 9.17. The average molecular weight is 534 g/mol. The zero-order chi connectivity index (χ0) is 27.2. The lowest BCUT2D eigenvalue weighted by molar-refractivity contribution is 0.324. The number of halogens is 1. The molecule has 0 fully saturated rings. The molecular weight excluding hydrogens is 505 g/mol. The Kier molecular flexibility index (Phi) is 8.72. The predicted molar refractivity (Wildman–Crippen MR) is 138 cm³/mol. The minimum atomic E-state index is -4.17. The number of hydrogen-bond donors (Lipinski definition) is 1. The molecule has 3 rings (SSSR count). The molecule has 0 spiro atoms. The van der Waals surface area contributed by atoms with Crippen LogP contribution in [0.1, 0.15) is 11.1 Å². The maximum atomic E-state index is 14.2. The van der Waals surface area contributed by atoms with Crippen LogP contribution in [0.25, 0.3) is 12.2 Å². The van der Waals surface area contributed by atoms with Crippen molar-refractivity contribution in [1.29, 1.82) is 0 Å². The van der Waals surface area contributed by atoms with Crippen molar-refractivity contribution in [2.75, 3.05) is 47.4 Å². The number of sulfonamides is 1. The number of nitrogens with one attached hydrogen (secondary N) is 1. The van der Waals surface area contributed by atoms with E-state index in [1.54, 1.807) is 30.4 Å². The Hall–Kier alpha value is -4.12. The van der Waals surface area contributed by atoms with Crippen LogP contribution in [0, 0.1) is 5.82 Å². The zero-order valence-corrected chi connectivity index (χ0v) is 22.1. The van der Waals surface area contributed by atoms with E-state index in [1.165, 1.54) is 60.9 Å². The summed E-state index contributed by atoms with van der Waals surface area (Å²) in [7, 11) is 4.54. The number of rotatable bonds is 11. The molecule has 37 heavy (non-hydrogen) atoms. The third kappa shape index (κ3) is 6.00. The average Bonchev–Trinajstić information content (AvgIpc) is 2.90. The van der Waals surface area contributed by atoms with Crippen molar-refractivity contribution in [1.82, 2.24) is 0 Å². The van der Waals surface area contributed by atoms with Gasteiger partial charge in [-0.25, -0.2) is 12.8 Å². The van der Waals surface area contributed by atoms with Crippen molar-refractivity contribution >= 4 is 27.9 Å². The van der Waals surface area contributed by atoms with Gasteiger partial charge in [0.2, 0.25) is 5.75 Å². The topological polar surface area (TPSA) is 102 Å². The van der Waals surface area contributed by atoms with E-state index in [4.69, 9.17) is 28.4 Å². The molecule has 0 radical (unpaired) electrons. The first-order valence-electron chi connectivity index (χ1n) is 10.8. The molecule has 0 aliphatic heterocycles. The van der Waals surface area contributed by atoms with E-state index in [9.17, 15) is 12.8 Å². The normalized spacial score (nSPS) is 11.2. The number of methoxy groups -OCH3 is 6. The molecule has 0 aliphatic carbocycles. The maximum absolute atomic E-state index is 14.2. The number of anilines is 1. The molecule has 0 bridgehead atoms. The molecule has 0 saturated heterocycles. The lowest BCUT2D eigenvalue weighted by atomic mass is 10.1. The number of benzene rings is 3. The second-order valence-electron chi connectivity index (χ2n) is 7.49. The molecule has 0 atom stereocenters. The van der Waals surface area contributed by atoms with Gasteiger partial charge in [0.05, 0.1) is 53.2 Å². The maximum Gasteiger partial charge on any atom is 0.262 e. The van der Waals surface area contributed by atoms with Crippen LogP contribution in [-0.2, 0) is 10.0 Å². The monoisotopic (exact) mass is 533 g/mol. The van der Waals surface area contributed by atoms with E-state index in [0.29, 0.717) is 39.9 Å². The highest BCUT2D eigenvalue weighted by Crippen LogP contribution is 2.39. The summed E-state index contributed by atoms with van der Waals surface area (Å²) in [6, 6.07) is 9.93. The van der Waals surface area contributed by atoms with Gasteiger partial charge in [0.1, 0.15) is 0 Å². The molecular formula is C26H28FNO8S. The smallest absolute Gasteiger partial charge is 0.262 e. The fraction of sp³-hybridized carbons (Fsp3) is 0.231. The van der Waals surface area contributed by atoms with Gasteiger partial charge in [0.25, 0.3) is 10.0 Å². The number of hydrogen-bond acceptors (Lipinski definition) is 8. The molecule has 9 nitrogen and oxygen atoms in total. The molecule has 0 aliphatic rings. The Bertz CT molecular complexity index is 1380. The van der Waals surface area contributed by atoms with E-state index in [-0.39, 0.29) is 16.3 Å². The Balaban J connectivity index is 2.08. The molecule has 198 valence electrons. The van der Waals surface area contributed by atoms with Crippen molar-refractivity contribution in [2.45, 2.75) is 4.90 Å². The van der Waals surface area contributed by atoms with Crippen LogP contribution in [-0.4, -0.2) is 51.1 Å². The van der Waals surface area contributed by atoms with Crippen molar-refractivity contribution in [2.24, 2.45) is 0 Å². The summed E-state index contributed by atoms with van der Waals surface area (Å²) in [6.45, 7) is 0. The van der Waals surface area contributed by atoms with Gasteiger partial charge < -0.3 is 28.4 Å². The van der Waals surface area contributed by atoms with Crippen LogP contribution in [0.3, 0.4) is 0 Å². The van der Waals surface area contributed by atoms with Crippen molar-refractivity contribution < 1.29 is 41.2 Å². The Morgan fingerprint density at radius 2 is 1.24 bits per heavy atom. The fourth-order valence-corrected chi connectivity index (χ4v) is 4.61. The van der Waals surface area contributed by atoms with Crippen LogP contribution in [0.5, 0.6) is 34.5 Å². The third-order valence-electron chi connectivity index (χ3n) is 5.38. The van der Waals surface area contributed by atoms with Gasteiger partial charge >= 0.3 is 0 Å². The highest BCUT2D eigenvalue weighted by Gasteiger charge is 2.20. The highest BCUT2D eigenvalue weighted by atomic mass is 32.2. The molecule has 0 aromatic heterocycles. The lowest BCUT2D eigenvalue weighted by Crippen LogP contribution is -2.14. The van der Waals surface area contributed by atoms with Gasteiger partial charge in [-0.3, -0.25) is 4.72 Å². The van der Waals surface area contributed by atoms with Gasteiger partial charge in [0.15, 0.2) is 34.6 Å². The van der Waals surface area contributed by atoms with Gasteiger partial charge in [-0.15, -0.1) is 0 Å². The van der Waals surface area contributed by atoms with Crippen LogP contribution >= 0.6 is 0 Å². The van der Waals surface area contributed by atoms with Crippen LogP contribution < -0.4 is 33.1 Å². The zero-order valence-electron chi connectivity index (χ0n) is 21.2. The first-order chi connectivity index (χ1) is 17.7. The van der Waals surface area contributed by atoms with Gasteiger partial charge in [-0.1, -0.05) is 12.2 Å². The van der Waals surface area contributed by atoms with Crippen LogP contribution in [0.15, 0.2) is 47.4 Å². The first-order valence-corrected chi connectivity index (χ1v) is 12.3. The minimum absolute atomic E-state index is 0.0703. The summed E-state index contributed by atoms with van der Waals surface area (Å²) in [5.41, 5.74) is 1.32. The van der Waals surface area contributed by atoms with E-state index in [2.05, 4.69) is 4.72 Å². The first kappa shape index (κ1) is 27.5. The van der Waals surface area contributed by atoms with Crippen molar-refractivity contribution in [3.05, 3.63) is 59.4 Å². The van der Waals surface area contributed by atoms with Gasteiger partial charge in [0, 0.05) is 11.6 Å². The van der Waals surface area contributed by atoms with Gasteiger partial charge in [-0.2, -0.15) is 0 Å². The summed E-state index contributed by atoms with van der Waals surface area (Å²) < 4.78 is 74.7. The molecule has 3 aromatic rings. The third-order valence-corrected chi connectivity index (χ3v) is 6.74. The fourth-order valence-electron chi connectivity index (χ4n) is 3.52. The Morgan fingerprint density at radius 1 is 0.676 bits per heavy atom. The van der Waals surface area contributed by atoms with Gasteiger partial charge in [-0.05, 0) is 42.0 Å². The minimum Gasteiger partial charge on any atom is -0.494 e. The van der Waals surface area contributed by atoms with Crippen molar-refractivity contribution in [3.8, 4) is 34.5 Å². The largest absolute Gasteiger partial charge is 0.494 e.